The quantitative estimate of drug-likeness (QED) is 0.220. The average Bonchev–Trinajstić information content (AvgIpc) is 3.00. The summed E-state index contributed by atoms with van der Waals surface area (Å²) in [6.07, 6.45) is 10.6. The zero-order valence-electron chi connectivity index (χ0n) is 18.4. The van der Waals surface area contributed by atoms with Crippen LogP contribution in [0.1, 0.15) is 92.9 Å². The summed E-state index contributed by atoms with van der Waals surface area (Å²) in [5, 5.41) is 4.92. The highest BCUT2D eigenvalue weighted by Crippen LogP contribution is 2.34. The summed E-state index contributed by atoms with van der Waals surface area (Å²) >= 11 is 7.35. The van der Waals surface area contributed by atoms with Crippen LogP contribution in [0, 0.1) is 6.92 Å². The van der Waals surface area contributed by atoms with E-state index in [0.717, 1.165) is 52.9 Å². The number of nitrogens with zero attached hydrogens (tertiary/aromatic N) is 1. The van der Waals surface area contributed by atoms with E-state index < -0.39 is 0 Å². The van der Waals surface area contributed by atoms with Gasteiger partial charge in [0.2, 0.25) is 0 Å². The summed E-state index contributed by atoms with van der Waals surface area (Å²) in [4.78, 5) is 15.8. The van der Waals surface area contributed by atoms with E-state index in [9.17, 15) is 4.79 Å². The number of thiophene rings is 1. The molecule has 0 amide bonds. The van der Waals surface area contributed by atoms with Gasteiger partial charge in [-0.15, -0.1) is 11.3 Å². The molecule has 0 saturated carbocycles. The number of carbonyl (C=O) groups excluding carboxylic acids is 1. The van der Waals surface area contributed by atoms with Crippen molar-refractivity contribution in [3.63, 3.8) is 0 Å². The third-order valence-corrected chi connectivity index (χ3v) is 6.45. The highest BCUT2D eigenvalue weighted by Gasteiger charge is 2.23. The maximum atomic E-state index is 12.4. The molecular weight excluding hydrogens is 388 g/mol. The van der Waals surface area contributed by atoms with E-state index in [1.165, 1.54) is 45.6 Å². The maximum absolute atomic E-state index is 12.4. The van der Waals surface area contributed by atoms with E-state index in [4.69, 9.17) is 17.0 Å². The van der Waals surface area contributed by atoms with Crippen molar-refractivity contribution >= 4 is 39.6 Å². The van der Waals surface area contributed by atoms with Crippen LogP contribution in [0.4, 0.5) is 5.00 Å². The number of nitrogens with one attached hydrogen (secondary N) is 1. The maximum Gasteiger partial charge on any atom is 0.341 e. The Hall–Kier alpha value is -1.14. The lowest BCUT2D eigenvalue weighted by molar-refractivity contribution is 0.0601. The minimum Gasteiger partial charge on any atom is -0.465 e. The number of aryl methyl sites for hydroxylation is 1. The number of methoxy groups -OCH3 is 1. The molecule has 4 nitrogen and oxygen atoms in total. The molecular formula is C22H38N2O2S2. The highest BCUT2D eigenvalue weighted by atomic mass is 32.1. The van der Waals surface area contributed by atoms with Crippen LogP contribution in [0.15, 0.2) is 0 Å². The molecule has 0 aliphatic rings. The Morgan fingerprint density at radius 2 is 1.61 bits per heavy atom. The van der Waals surface area contributed by atoms with E-state index in [2.05, 4.69) is 37.9 Å². The molecule has 0 fully saturated rings. The molecule has 0 atom stereocenters. The Kier molecular flexibility index (Phi) is 12.4. The number of hydrogen-bond acceptors (Lipinski definition) is 4. The number of ether oxygens (including phenoxy) is 1. The molecule has 1 N–H and O–H groups in total. The molecule has 0 aromatic carbocycles. The van der Waals surface area contributed by atoms with Crippen molar-refractivity contribution < 1.29 is 9.53 Å². The van der Waals surface area contributed by atoms with Gasteiger partial charge in [-0.3, -0.25) is 0 Å². The van der Waals surface area contributed by atoms with Gasteiger partial charge in [0.05, 0.1) is 12.7 Å². The summed E-state index contributed by atoms with van der Waals surface area (Å²) in [6, 6.07) is 0. The molecule has 0 spiro atoms. The Bertz CT molecular complexity index is 602. The van der Waals surface area contributed by atoms with Crippen LogP contribution in [0.25, 0.3) is 0 Å². The smallest absolute Gasteiger partial charge is 0.341 e. The summed E-state index contributed by atoms with van der Waals surface area (Å²) in [6.45, 7) is 10.5. The largest absolute Gasteiger partial charge is 0.465 e. The fourth-order valence-corrected chi connectivity index (χ4v) is 4.84. The Labute approximate surface area is 181 Å². The monoisotopic (exact) mass is 426 g/mol. The van der Waals surface area contributed by atoms with Crippen LogP contribution in [0.5, 0.6) is 0 Å². The van der Waals surface area contributed by atoms with Gasteiger partial charge >= 0.3 is 5.97 Å². The minimum absolute atomic E-state index is 0.288. The molecule has 1 aromatic heterocycles. The Morgan fingerprint density at radius 1 is 1.04 bits per heavy atom. The van der Waals surface area contributed by atoms with Crippen molar-refractivity contribution in [1.29, 1.82) is 0 Å². The summed E-state index contributed by atoms with van der Waals surface area (Å²) in [5.74, 6) is -0.288. The molecule has 1 heterocycles. The van der Waals surface area contributed by atoms with E-state index in [1.807, 2.05) is 0 Å². The second kappa shape index (κ2) is 13.9. The van der Waals surface area contributed by atoms with Gasteiger partial charge in [0, 0.05) is 18.0 Å². The first-order chi connectivity index (χ1) is 13.5. The molecule has 28 heavy (non-hydrogen) atoms. The molecule has 0 radical (unpaired) electrons. The number of unbranched alkanes of at least 4 members (excludes halogenated alkanes) is 6. The molecule has 1 aromatic rings. The van der Waals surface area contributed by atoms with Gasteiger partial charge in [0.1, 0.15) is 5.00 Å². The van der Waals surface area contributed by atoms with Gasteiger partial charge in [0.25, 0.3) is 0 Å². The summed E-state index contributed by atoms with van der Waals surface area (Å²) in [7, 11) is 1.44. The number of hydrogen-bond donors (Lipinski definition) is 1. The van der Waals surface area contributed by atoms with Gasteiger partial charge in [-0.05, 0) is 44.0 Å². The number of carbonyl (C=O) groups is 1. The predicted molar refractivity (Wildman–Crippen MR) is 126 cm³/mol. The third kappa shape index (κ3) is 7.70. The second-order valence-electron chi connectivity index (χ2n) is 7.22. The van der Waals surface area contributed by atoms with Crippen LogP contribution in [0.2, 0.25) is 0 Å². The average molecular weight is 427 g/mol. The first kappa shape index (κ1) is 24.9. The van der Waals surface area contributed by atoms with Crippen LogP contribution >= 0.6 is 23.6 Å². The first-order valence-electron chi connectivity index (χ1n) is 10.8. The van der Waals surface area contributed by atoms with Crippen LogP contribution in [-0.2, 0) is 11.2 Å². The van der Waals surface area contributed by atoms with Crippen LogP contribution in [-0.4, -0.2) is 36.2 Å². The van der Waals surface area contributed by atoms with Gasteiger partial charge in [-0.2, -0.15) is 0 Å². The van der Waals surface area contributed by atoms with E-state index in [1.54, 1.807) is 11.3 Å². The van der Waals surface area contributed by atoms with Gasteiger partial charge in [-0.25, -0.2) is 4.79 Å². The van der Waals surface area contributed by atoms with E-state index in [0.29, 0.717) is 5.56 Å². The lowest BCUT2D eigenvalue weighted by Gasteiger charge is -2.26. The highest BCUT2D eigenvalue weighted by molar-refractivity contribution is 7.80. The van der Waals surface area contributed by atoms with Gasteiger partial charge < -0.3 is 15.0 Å². The van der Waals surface area contributed by atoms with Crippen molar-refractivity contribution in [3.8, 4) is 0 Å². The summed E-state index contributed by atoms with van der Waals surface area (Å²) < 4.78 is 5.03. The molecule has 0 bridgehead atoms. The minimum atomic E-state index is -0.288. The number of anilines is 1. The van der Waals surface area contributed by atoms with Gasteiger partial charge in [0.15, 0.2) is 5.11 Å². The standard InChI is InChI=1S/C22H38N2O2S2/c1-6-9-11-13-15-24(16-14-12-10-7-2)22(27)23-20-19(21(25)26-5)18(8-3)17(4)28-20/h6-16H2,1-5H3,(H,23,27). The van der Waals surface area contributed by atoms with E-state index in [-0.39, 0.29) is 5.97 Å². The topological polar surface area (TPSA) is 41.6 Å². The Morgan fingerprint density at radius 3 is 2.07 bits per heavy atom. The number of esters is 1. The zero-order valence-corrected chi connectivity index (χ0v) is 20.0. The number of rotatable bonds is 13. The first-order valence-corrected chi connectivity index (χ1v) is 12.0. The molecule has 160 valence electrons. The second-order valence-corrected chi connectivity index (χ2v) is 8.84. The third-order valence-electron chi connectivity index (χ3n) is 5.02. The Balaban J connectivity index is 2.88. The molecule has 6 heteroatoms. The van der Waals surface area contributed by atoms with Crippen molar-refractivity contribution in [2.75, 3.05) is 25.5 Å². The fourth-order valence-electron chi connectivity index (χ4n) is 3.36. The molecule has 0 saturated heterocycles. The number of thiocarbonyl (C=S) groups is 1. The predicted octanol–water partition coefficient (Wildman–Crippen LogP) is 6.56. The SMILES string of the molecule is CCCCCCN(CCCCCC)C(=S)Nc1sc(C)c(CC)c1C(=O)OC. The van der Waals surface area contributed by atoms with E-state index >= 15 is 0 Å². The van der Waals surface area contributed by atoms with Gasteiger partial charge in [-0.1, -0.05) is 59.3 Å². The fraction of sp³-hybridized carbons (Fsp3) is 0.727. The molecule has 0 aliphatic heterocycles. The molecule has 0 aliphatic carbocycles. The lowest BCUT2D eigenvalue weighted by atomic mass is 10.1. The zero-order chi connectivity index (χ0) is 20.9. The van der Waals surface area contributed by atoms with Crippen LogP contribution in [0.3, 0.4) is 0 Å². The van der Waals surface area contributed by atoms with Crippen LogP contribution < -0.4 is 5.32 Å². The molecule has 1 rings (SSSR count). The van der Waals surface area contributed by atoms with Crippen molar-refractivity contribution in [2.24, 2.45) is 0 Å². The van der Waals surface area contributed by atoms with Crippen molar-refractivity contribution in [1.82, 2.24) is 4.90 Å². The van der Waals surface area contributed by atoms with Crippen molar-refractivity contribution in [2.45, 2.75) is 85.5 Å². The lowest BCUT2D eigenvalue weighted by Crippen LogP contribution is -2.36. The van der Waals surface area contributed by atoms with Crippen molar-refractivity contribution in [3.05, 3.63) is 16.0 Å². The normalized spacial score (nSPS) is 10.8. The molecule has 0 unspecified atom stereocenters. The summed E-state index contributed by atoms with van der Waals surface area (Å²) in [5.41, 5.74) is 1.70.